The van der Waals surface area contributed by atoms with Gasteiger partial charge in [-0.3, -0.25) is 4.79 Å². The molecule has 0 saturated carbocycles. The molecule has 0 heterocycles. The molecule has 1 amide bonds. The molecule has 3 rings (SSSR count). The van der Waals surface area contributed by atoms with E-state index in [1.165, 1.54) is 16.1 Å². The molecule has 0 aliphatic rings. The van der Waals surface area contributed by atoms with E-state index in [-0.39, 0.29) is 16.6 Å². The molecule has 7 heteroatoms. The number of nitrogens with one attached hydrogen (secondary N) is 1. The molecule has 0 aromatic heterocycles. The van der Waals surface area contributed by atoms with E-state index in [4.69, 9.17) is 0 Å². The largest absolute Gasteiger partial charge is 0.351 e. The highest BCUT2D eigenvalue weighted by atomic mass is 32.2. The summed E-state index contributed by atoms with van der Waals surface area (Å²) in [4.78, 5) is 13.1. The van der Waals surface area contributed by atoms with Crippen LogP contribution in [0.15, 0.2) is 94.7 Å². The van der Waals surface area contributed by atoms with Crippen molar-refractivity contribution in [2.24, 2.45) is 0 Å². The third-order valence-electron chi connectivity index (χ3n) is 4.48. The lowest BCUT2D eigenvalue weighted by atomic mass is 10.2. The Kier molecular flexibility index (Phi) is 7.68. The normalized spacial score (nSPS) is 11.4. The average molecular weight is 441 g/mol. The van der Waals surface area contributed by atoms with E-state index < -0.39 is 10.0 Å². The molecular weight excluding hydrogens is 416 g/mol. The van der Waals surface area contributed by atoms with Crippen molar-refractivity contribution in [3.8, 4) is 0 Å². The fraction of sp³-hybridized carbons (Fsp3) is 0.174. The maximum absolute atomic E-state index is 12.8. The first-order chi connectivity index (χ1) is 14.4. The van der Waals surface area contributed by atoms with Gasteiger partial charge in [0.2, 0.25) is 15.9 Å². The van der Waals surface area contributed by atoms with Crippen LogP contribution in [0.1, 0.15) is 11.1 Å². The number of benzene rings is 3. The van der Waals surface area contributed by atoms with E-state index >= 15 is 0 Å². The third kappa shape index (κ3) is 6.19. The van der Waals surface area contributed by atoms with Gasteiger partial charge >= 0.3 is 0 Å². The summed E-state index contributed by atoms with van der Waals surface area (Å²) in [7, 11) is -2.01. The van der Waals surface area contributed by atoms with Crippen molar-refractivity contribution in [2.45, 2.75) is 22.9 Å². The van der Waals surface area contributed by atoms with Gasteiger partial charge in [0.15, 0.2) is 0 Å². The lowest BCUT2D eigenvalue weighted by molar-refractivity contribution is -0.118. The van der Waals surface area contributed by atoms with Gasteiger partial charge in [-0.25, -0.2) is 8.42 Å². The van der Waals surface area contributed by atoms with Crippen molar-refractivity contribution < 1.29 is 13.2 Å². The van der Waals surface area contributed by atoms with Crippen LogP contribution in [0.5, 0.6) is 0 Å². The lowest BCUT2D eigenvalue weighted by Crippen LogP contribution is -2.26. The number of amides is 1. The first kappa shape index (κ1) is 22.1. The van der Waals surface area contributed by atoms with E-state index in [2.05, 4.69) is 5.32 Å². The van der Waals surface area contributed by atoms with Gasteiger partial charge in [0.1, 0.15) is 0 Å². The van der Waals surface area contributed by atoms with Crippen LogP contribution >= 0.6 is 11.8 Å². The monoisotopic (exact) mass is 440 g/mol. The molecule has 5 nitrogen and oxygen atoms in total. The van der Waals surface area contributed by atoms with Crippen LogP contribution in [0, 0.1) is 0 Å². The van der Waals surface area contributed by atoms with E-state index in [9.17, 15) is 13.2 Å². The first-order valence-electron chi connectivity index (χ1n) is 9.49. The Labute approximate surface area is 182 Å². The summed E-state index contributed by atoms with van der Waals surface area (Å²) in [6.07, 6.45) is 0. The number of carbonyl (C=O) groups excluding carboxylic acids is 1. The molecule has 1 N–H and O–H groups in total. The maximum Gasteiger partial charge on any atom is 0.243 e. The first-order valence-corrected chi connectivity index (χ1v) is 11.9. The highest BCUT2D eigenvalue weighted by Gasteiger charge is 2.20. The minimum Gasteiger partial charge on any atom is -0.351 e. The second-order valence-electron chi connectivity index (χ2n) is 6.77. The Morgan fingerprint density at radius 3 is 2.03 bits per heavy atom. The van der Waals surface area contributed by atoms with Crippen molar-refractivity contribution >= 4 is 27.7 Å². The molecule has 30 heavy (non-hydrogen) atoms. The van der Waals surface area contributed by atoms with Gasteiger partial charge in [0.05, 0.1) is 10.6 Å². The van der Waals surface area contributed by atoms with Gasteiger partial charge < -0.3 is 5.32 Å². The fourth-order valence-electron chi connectivity index (χ4n) is 2.81. The van der Waals surface area contributed by atoms with Crippen molar-refractivity contribution in [3.63, 3.8) is 0 Å². The zero-order chi connectivity index (χ0) is 21.4. The molecular formula is C23H24N2O3S2. The molecule has 0 atom stereocenters. The molecule has 3 aromatic carbocycles. The molecule has 0 unspecified atom stereocenters. The molecule has 0 fully saturated rings. The number of hydrogen-bond acceptors (Lipinski definition) is 4. The topological polar surface area (TPSA) is 66.5 Å². The van der Waals surface area contributed by atoms with Crippen LogP contribution in [-0.4, -0.2) is 31.4 Å². The van der Waals surface area contributed by atoms with Crippen molar-refractivity contribution in [1.29, 1.82) is 0 Å². The molecule has 0 aliphatic carbocycles. The number of rotatable bonds is 9. The molecule has 3 aromatic rings. The molecule has 0 aliphatic heterocycles. The minimum absolute atomic E-state index is 0.0665. The van der Waals surface area contributed by atoms with E-state index in [1.54, 1.807) is 31.3 Å². The Morgan fingerprint density at radius 1 is 0.867 bits per heavy atom. The lowest BCUT2D eigenvalue weighted by Gasteiger charge is -2.17. The van der Waals surface area contributed by atoms with Crippen LogP contribution in [0.25, 0.3) is 0 Å². The van der Waals surface area contributed by atoms with Crippen molar-refractivity contribution in [1.82, 2.24) is 9.62 Å². The second kappa shape index (κ2) is 10.4. The summed E-state index contributed by atoms with van der Waals surface area (Å²) in [5.74, 6) is 0.204. The van der Waals surface area contributed by atoms with Gasteiger partial charge in [-0.1, -0.05) is 60.7 Å². The average Bonchev–Trinajstić information content (AvgIpc) is 2.78. The summed E-state index contributed by atoms with van der Waals surface area (Å²) in [5.41, 5.74) is 1.97. The molecule has 0 spiro atoms. The van der Waals surface area contributed by atoms with Gasteiger partial charge in [0, 0.05) is 25.0 Å². The highest BCUT2D eigenvalue weighted by Crippen LogP contribution is 2.22. The summed E-state index contributed by atoms with van der Waals surface area (Å²) in [5, 5.41) is 2.88. The Balaban J connectivity index is 1.53. The molecule has 0 bridgehead atoms. The Morgan fingerprint density at radius 2 is 1.43 bits per heavy atom. The number of nitrogens with zero attached hydrogens (tertiary/aromatic N) is 1. The van der Waals surface area contributed by atoms with E-state index in [0.29, 0.717) is 13.1 Å². The Hall–Kier alpha value is -2.61. The number of hydrogen-bond donors (Lipinski definition) is 1. The van der Waals surface area contributed by atoms with E-state index in [0.717, 1.165) is 16.0 Å². The van der Waals surface area contributed by atoms with Crippen LogP contribution in [0.3, 0.4) is 0 Å². The van der Waals surface area contributed by atoms with Crippen LogP contribution in [-0.2, 0) is 27.9 Å². The summed E-state index contributed by atoms with van der Waals surface area (Å²) in [6.45, 7) is 0.798. The standard InChI is InChI=1S/C23H24N2O3S2/c1-25(17-20-10-6-3-7-11-20)30(27,28)22-14-12-21(13-15-22)29-18-23(26)24-16-19-8-4-2-5-9-19/h2-15H,16-18H2,1H3,(H,24,26). The summed E-state index contributed by atoms with van der Waals surface area (Å²) in [6, 6.07) is 25.8. The zero-order valence-electron chi connectivity index (χ0n) is 16.7. The number of carbonyl (C=O) groups is 1. The zero-order valence-corrected chi connectivity index (χ0v) is 18.3. The van der Waals surface area contributed by atoms with Crippen LogP contribution in [0.4, 0.5) is 0 Å². The smallest absolute Gasteiger partial charge is 0.243 e. The third-order valence-corrected chi connectivity index (χ3v) is 7.31. The SMILES string of the molecule is CN(Cc1ccccc1)S(=O)(=O)c1ccc(SCC(=O)NCc2ccccc2)cc1. The number of thioether (sulfide) groups is 1. The van der Waals surface area contributed by atoms with Crippen LogP contribution < -0.4 is 5.32 Å². The van der Waals surface area contributed by atoms with Gasteiger partial charge in [0.25, 0.3) is 0 Å². The van der Waals surface area contributed by atoms with Crippen molar-refractivity contribution in [3.05, 3.63) is 96.1 Å². The highest BCUT2D eigenvalue weighted by molar-refractivity contribution is 8.00. The maximum atomic E-state index is 12.8. The second-order valence-corrected chi connectivity index (χ2v) is 9.86. The molecule has 0 radical (unpaired) electrons. The minimum atomic E-state index is -3.58. The van der Waals surface area contributed by atoms with E-state index in [1.807, 2.05) is 60.7 Å². The Bertz CT molecular complexity index is 1050. The predicted octanol–water partition coefficient (Wildman–Crippen LogP) is 3.92. The molecule has 0 saturated heterocycles. The van der Waals surface area contributed by atoms with Gasteiger partial charge in [-0.15, -0.1) is 11.8 Å². The summed E-state index contributed by atoms with van der Waals surface area (Å²) >= 11 is 1.37. The number of sulfonamides is 1. The fourth-order valence-corrected chi connectivity index (χ4v) is 4.70. The van der Waals surface area contributed by atoms with Crippen LogP contribution in [0.2, 0.25) is 0 Å². The van der Waals surface area contributed by atoms with Gasteiger partial charge in [-0.2, -0.15) is 4.31 Å². The van der Waals surface area contributed by atoms with Gasteiger partial charge in [-0.05, 0) is 35.4 Å². The van der Waals surface area contributed by atoms with Crippen molar-refractivity contribution in [2.75, 3.05) is 12.8 Å². The quantitative estimate of drug-likeness (QED) is 0.512. The molecule has 156 valence electrons. The predicted molar refractivity (Wildman–Crippen MR) is 121 cm³/mol. The summed E-state index contributed by atoms with van der Waals surface area (Å²) < 4.78 is 26.9.